The molecule has 1 amide bonds. The zero-order valence-electron chi connectivity index (χ0n) is 19.7. The molecule has 178 valence electrons. The van der Waals surface area contributed by atoms with Gasteiger partial charge in [-0.3, -0.25) is 14.9 Å². The fourth-order valence-electron chi connectivity index (χ4n) is 4.48. The number of nitro benzene ring substituents is 1. The molecule has 3 rings (SSSR count). The Hall–Kier alpha value is -3.09. The lowest BCUT2D eigenvalue weighted by molar-refractivity contribution is -0.384. The van der Waals surface area contributed by atoms with Crippen molar-refractivity contribution in [3.8, 4) is 11.5 Å². The Bertz CT molecular complexity index is 913. The molecule has 1 aliphatic carbocycles. The van der Waals surface area contributed by atoms with E-state index in [0.29, 0.717) is 36.1 Å². The van der Waals surface area contributed by atoms with Crippen molar-refractivity contribution in [2.24, 2.45) is 0 Å². The highest BCUT2D eigenvalue weighted by Crippen LogP contribution is 2.33. The van der Waals surface area contributed by atoms with Crippen LogP contribution in [-0.4, -0.2) is 34.9 Å². The molecule has 2 aromatic carbocycles. The first-order chi connectivity index (χ1) is 16.0. The molecule has 1 atom stereocenters. The second-order valence-corrected chi connectivity index (χ2v) is 8.82. The summed E-state index contributed by atoms with van der Waals surface area (Å²) in [6, 6.07) is 14.4. The van der Waals surface area contributed by atoms with Crippen LogP contribution in [0.3, 0.4) is 0 Å². The smallest absolute Gasteiger partial charge is 0.292 e. The van der Waals surface area contributed by atoms with E-state index >= 15 is 0 Å². The molecule has 0 aromatic heterocycles. The molecule has 2 aromatic rings. The molecule has 0 bridgehead atoms. The molecule has 0 aliphatic heterocycles. The number of carbonyl (C=O) groups is 1. The predicted molar refractivity (Wildman–Crippen MR) is 131 cm³/mol. The van der Waals surface area contributed by atoms with Gasteiger partial charge in [0.1, 0.15) is 17.2 Å². The third-order valence-corrected chi connectivity index (χ3v) is 6.36. The van der Waals surface area contributed by atoms with E-state index in [9.17, 15) is 14.9 Å². The van der Waals surface area contributed by atoms with Gasteiger partial charge in [-0.05, 0) is 43.9 Å². The van der Waals surface area contributed by atoms with Crippen molar-refractivity contribution in [1.82, 2.24) is 4.90 Å². The SMILES string of the molecule is CCCC(CCC(=O)N(C)C1CCCCC1)Nc1cc(Oc2ccccc2)ccc1[N+](=O)[O-]. The number of carbonyl (C=O) groups excluding carboxylic acids is 1. The highest BCUT2D eigenvalue weighted by atomic mass is 16.6. The van der Waals surface area contributed by atoms with Crippen molar-refractivity contribution < 1.29 is 14.5 Å². The van der Waals surface area contributed by atoms with Crippen molar-refractivity contribution in [2.45, 2.75) is 76.8 Å². The minimum Gasteiger partial charge on any atom is -0.457 e. The number of nitrogens with one attached hydrogen (secondary N) is 1. The van der Waals surface area contributed by atoms with E-state index in [2.05, 4.69) is 12.2 Å². The van der Waals surface area contributed by atoms with Gasteiger partial charge in [0.25, 0.3) is 5.69 Å². The third-order valence-electron chi connectivity index (χ3n) is 6.36. The van der Waals surface area contributed by atoms with Crippen LogP contribution in [0.5, 0.6) is 11.5 Å². The zero-order valence-corrected chi connectivity index (χ0v) is 19.7. The number of amides is 1. The Balaban J connectivity index is 1.68. The molecule has 1 aliphatic rings. The molecule has 7 heteroatoms. The summed E-state index contributed by atoms with van der Waals surface area (Å²) in [6.07, 6.45) is 8.59. The number of benzene rings is 2. The number of anilines is 1. The summed E-state index contributed by atoms with van der Waals surface area (Å²) in [4.78, 5) is 26.0. The van der Waals surface area contributed by atoms with Gasteiger partial charge in [-0.1, -0.05) is 50.8 Å². The van der Waals surface area contributed by atoms with Gasteiger partial charge in [-0.2, -0.15) is 0 Å². The van der Waals surface area contributed by atoms with Gasteiger partial charge in [0.05, 0.1) is 4.92 Å². The van der Waals surface area contributed by atoms with Crippen molar-refractivity contribution in [3.05, 3.63) is 58.6 Å². The van der Waals surface area contributed by atoms with Crippen LogP contribution in [-0.2, 0) is 4.79 Å². The lowest BCUT2D eigenvalue weighted by Gasteiger charge is -2.31. The van der Waals surface area contributed by atoms with Gasteiger partial charge in [-0.15, -0.1) is 0 Å². The molecule has 1 unspecified atom stereocenters. The van der Waals surface area contributed by atoms with Crippen LogP contribution in [0.15, 0.2) is 48.5 Å². The molecule has 0 heterocycles. The molecule has 1 fully saturated rings. The van der Waals surface area contributed by atoms with Crippen molar-refractivity contribution in [1.29, 1.82) is 0 Å². The number of hydrogen-bond donors (Lipinski definition) is 1. The molecule has 0 saturated heterocycles. The fourth-order valence-corrected chi connectivity index (χ4v) is 4.48. The van der Waals surface area contributed by atoms with Gasteiger partial charge >= 0.3 is 0 Å². The first kappa shape index (κ1) is 24.6. The van der Waals surface area contributed by atoms with Crippen LogP contribution in [0.4, 0.5) is 11.4 Å². The fraction of sp³-hybridized carbons (Fsp3) is 0.500. The van der Waals surface area contributed by atoms with E-state index in [1.807, 2.05) is 42.3 Å². The highest BCUT2D eigenvalue weighted by Gasteiger charge is 2.23. The number of para-hydroxylation sites is 1. The van der Waals surface area contributed by atoms with E-state index in [1.165, 1.54) is 25.3 Å². The maximum Gasteiger partial charge on any atom is 0.292 e. The molecule has 1 saturated carbocycles. The summed E-state index contributed by atoms with van der Waals surface area (Å²) in [7, 11) is 1.91. The summed E-state index contributed by atoms with van der Waals surface area (Å²) in [6.45, 7) is 2.08. The number of ether oxygens (including phenoxy) is 1. The van der Waals surface area contributed by atoms with Gasteiger partial charge in [0, 0.05) is 37.7 Å². The second-order valence-electron chi connectivity index (χ2n) is 8.82. The molecular formula is C26H35N3O4. The number of nitro groups is 1. The monoisotopic (exact) mass is 453 g/mol. The first-order valence-electron chi connectivity index (χ1n) is 12.0. The average Bonchev–Trinajstić information content (AvgIpc) is 2.83. The first-order valence-corrected chi connectivity index (χ1v) is 12.0. The summed E-state index contributed by atoms with van der Waals surface area (Å²) in [5.74, 6) is 1.34. The minimum absolute atomic E-state index is 0.00200. The van der Waals surface area contributed by atoms with Crippen molar-refractivity contribution >= 4 is 17.3 Å². The van der Waals surface area contributed by atoms with E-state index in [1.54, 1.807) is 12.1 Å². The summed E-state index contributed by atoms with van der Waals surface area (Å²) < 4.78 is 5.87. The summed E-state index contributed by atoms with van der Waals surface area (Å²) in [5, 5.41) is 15.0. The van der Waals surface area contributed by atoms with Crippen LogP contribution in [0.25, 0.3) is 0 Å². The quantitative estimate of drug-likeness (QED) is 0.308. The Morgan fingerprint density at radius 2 is 1.85 bits per heavy atom. The number of hydrogen-bond acceptors (Lipinski definition) is 5. The topological polar surface area (TPSA) is 84.7 Å². The lowest BCUT2D eigenvalue weighted by atomic mass is 9.94. The molecule has 7 nitrogen and oxygen atoms in total. The Labute approximate surface area is 196 Å². The average molecular weight is 454 g/mol. The Morgan fingerprint density at radius 3 is 2.52 bits per heavy atom. The standard InChI is InChI=1S/C26H35N3O4/c1-3-10-20(15-18-26(30)28(2)21-11-6-4-7-12-21)27-24-19-23(16-17-25(24)29(31)32)33-22-13-8-5-9-14-22/h5,8-9,13-14,16-17,19-21,27H,3-4,6-7,10-12,15,18H2,1-2H3. The molecule has 0 radical (unpaired) electrons. The number of rotatable bonds is 11. The number of nitrogens with zero attached hydrogens (tertiary/aromatic N) is 2. The Kier molecular flexibility index (Phi) is 9.10. The second kappa shape index (κ2) is 12.2. The molecule has 33 heavy (non-hydrogen) atoms. The Morgan fingerprint density at radius 1 is 1.12 bits per heavy atom. The van der Waals surface area contributed by atoms with Crippen molar-refractivity contribution in [2.75, 3.05) is 12.4 Å². The van der Waals surface area contributed by atoms with Crippen LogP contribution >= 0.6 is 0 Å². The van der Waals surface area contributed by atoms with Crippen LogP contribution < -0.4 is 10.1 Å². The molecular weight excluding hydrogens is 418 g/mol. The van der Waals surface area contributed by atoms with Gasteiger partial charge in [0.2, 0.25) is 5.91 Å². The van der Waals surface area contributed by atoms with Crippen LogP contribution in [0, 0.1) is 10.1 Å². The highest BCUT2D eigenvalue weighted by molar-refractivity contribution is 5.76. The van der Waals surface area contributed by atoms with Crippen molar-refractivity contribution in [3.63, 3.8) is 0 Å². The summed E-state index contributed by atoms with van der Waals surface area (Å²) in [5.41, 5.74) is 0.419. The van der Waals surface area contributed by atoms with E-state index < -0.39 is 0 Å². The van der Waals surface area contributed by atoms with E-state index in [-0.39, 0.29) is 22.6 Å². The zero-order chi connectivity index (χ0) is 23.6. The maximum absolute atomic E-state index is 12.8. The van der Waals surface area contributed by atoms with E-state index in [4.69, 9.17) is 4.74 Å². The van der Waals surface area contributed by atoms with E-state index in [0.717, 1.165) is 25.7 Å². The molecule has 0 spiro atoms. The predicted octanol–water partition coefficient (Wildman–Crippen LogP) is 6.54. The van der Waals surface area contributed by atoms with Gasteiger partial charge < -0.3 is 15.0 Å². The summed E-state index contributed by atoms with van der Waals surface area (Å²) >= 11 is 0. The van der Waals surface area contributed by atoms with Gasteiger partial charge in [0.15, 0.2) is 0 Å². The lowest BCUT2D eigenvalue weighted by Crippen LogP contribution is -2.38. The van der Waals surface area contributed by atoms with Crippen LogP contribution in [0.2, 0.25) is 0 Å². The molecule has 1 N–H and O–H groups in total. The third kappa shape index (κ3) is 7.20. The maximum atomic E-state index is 12.8. The minimum atomic E-state index is -0.389. The normalized spacial score (nSPS) is 15.0. The largest absolute Gasteiger partial charge is 0.457 e. The van der Waals surface area contributed by atoms with Crippen LogP contribution in [0.1, 0.15) is 64.7 Å². The van der Waals surface area contributed by atoms with Gasteiger partial charge in [-0.25, -0.2) is 0 Å².